The molecule has 0 atom stereocenters. The lowest BCUT2D eigenvalue weighted by molar-refractivity contribution is 0.373. The van der Waals surface area contributed by atoms with Crippen molar-refractivity contribution in [3.63, 3.8) is 0 Å². The number of aliphatic imine (C=N–C) groups is 1. The van der Waals surface area contributed by atoms with E-state index in [0.29, 0.717) is 22.7 Å². The number of aromatic hydroxyl groups is 1. The van der Waals surface area contributed by atoms with E-state index in [1.807, 2.05) is 24.3 Å². The average Bonchev–Trinajstić information content (AvgIpc) is 2.48. The van der Waals surface area contributed by atoms with Gasteiger partial charge in [-0.3, -0.25) is 4.99 Å². The van der Waals surface area contributed by atoms with Gasteiger partial charge >= 0.3 is 0 Å². The Kier molecular flexibility index (Phi) is 4.63. The molecule has 0 aliphatic carbocycles. The van der Waals surface area contributed by atoms with Gasteiger partial charge in [-0.25, -0.2) is 0 Å². The zero-order valence-corrected chi connectivity index (χ0v) is 12.7. The van der Waals surface area contributed by atoms with Crippen molar-refractivity contribution in [2.45, 2.75) is 0 Å². The first kappa shape index (κ1) is 14.4. The highest BCUT2D eigenvalue weighted by atomic mass is 79.9. The molecule has 4 nitrogen and oxygen atoms in total. The van der Waals surface area contributed by atoms with Crippen molar-refractivity contribution in [3.8, 4) is 17.2 Å². The number of rotatable bonds is 4. The van der Waals surface area contributed by atoms with Crippen molar-refractivity contribution in [1.82, 2.24) is 0 Å². The maximum absolute atomic E-state index is 10.0. The fourth-order valence-corrected chi connectivity index (χ4v) is 2.18. The van der Waals surface area contributed by atoms with Gasteiger partial charge in [-0.05, 0) is 24.3 Å². The topological polar surface area (TPSA) is 51.0 Å². The fourth-order valence-electron chi connectivity index (χ4n) is 1.72. The van der Waals surface area contributed by atoms with E-state index in [9.17, 15) is 5.11 Å². The molecule has 5 heteroatoms. The Labute approximate surface area is 125 Å². The predicted molar refractivity (Wildman–Crippen MR) is 82.6 cm³/mol. The first-order valence-corrected chi connectivity index (χ1v) is 6.68. The second-order valence-corrected chi connectivity index (χ2v) is 4.89. The van der Waals surface area contributed by atoms with Crippen molar-refractivity contribution in [2.75, 3.05) is 14.2 Å². The van der Waals surface area contributed by atoms with Gasteiger partial charge in [-0.15, -0.1) is 0 Å². The molecule has 0 unspecified atom stereocenters. The van der Waals surface area contributed by atoms with Crippen LogP contribution in [0.25, 0.3) is 0 Å². The molecule has 2 rings (SSSR count). The standard InChI is InChI=1S/C15H14BrNO3/c1-19-13-6-4-3-5-12(13)17-9-10-7-11(16)8-14(20-2)15(10)18/h3-9,18H,1-2H3. The first-order valence-electron chi connectivity index (χ1n) is 5.89. The molecule has 2 aromatic rings. The summed E-state index contributed by atoms with van der Waals surface area (Å²) in [7, 11) is 3.09. The second kappa shape index (κ2) is 6.43. The van der Waals surface area contributed by atoms with Gasteiger partial charge < -0.3 is 14.6 Å². The number of phenolic OH excluding ortho intramolecular Hbond substituents is 1. The molecule has 0 saturated carbocycles. The molecule has 20 heavy (non-hydrogen) atoms. The van der Waals surface area contributed by atoms with Crippen molar-refractivity contribution in [1.29, 1.82) is 0 Å². The molecule has 0 heterocycles. The minimum absolute atomic E-state index is 0.0503. The summed E-state index contributed by atoms with van der Waals surface area (Å²) in [5, 5.41) is 10.0. The molecule has 104 valence electrons. The van der Waals surface area contributed by atoms with E-state index in [1.54, 1.807) is 25.5 Å². The van der Waals surface area contributed by atoms with Gasteiger partial charge in [0.1, 0.15) is 11.4 Å². The van der Waals surface area contributed by atoms with Crippen molar-refractivity contribution in [2.24, 2.45) is 4.99 Å². The number of para-hydroxylation sites is 2. The number of halogens is 1. The number of benzene rings is 2. The number of phenols is 1. The highest BCUT2D eigenvalue weighted by molar-refractivity contribution is 9.10. The predicted octanol–water partition coefficient (Wildman–Crippen LogP) is 3.92. The van der Waals surface area contributed by atoms with E-state index in [4.69, 9.17) is 9.47 Å². The van der Waals surface area contributed by atoms with Crippen molar-refractivity contribution < 1.29 is 14.6 Å². The van der Waals surface area contributed by atoms with Crippen LogP contribution in [0, 0.1) is 0 Å². The minimum Gasteiger partial charge on any atom is -0.504 e. The van der Waals surface area contributed by atoms with Crippen LogP contribution >= 0.6 is 15.9 Å². The Bertz CT molecular complexity index is 641. The largest absolute Gasteiger partial charge is 0.504 e. The van der Waals surface area contributed by atoms with E-state index in [1.165, 1.54) is 7.11 Å². The lowest BCUT2D eigenvalue weighted by Gasteiger charge is -2.07. The Balaban J connectivity index is 2.39. The second-order valence-electron chi connectivity index (χ2n) is 3.98. The number of nitrogens with zero attached hydrogens (tertiary/aromatic N) is 1. The average molecular weight is 336 g/mol. The maximum atomic E-state index is 10.0. The van der Waals surface area contributed by atoms with Gasteiger partial charge in [-0.1, -0.05) is 28.1 Å². The lowest BCUT2D eigenvalue weighted by Crippen LogP contribution is -1.89. The lowest BCUT2D eigenvalue weighted by atomic mass is 10.2. The van der Waals surface area contributed by atoms with E-state index in [2.05, 4.69) is 20.9 Å². The molecule has 1 N–H and O–H groups in total. The van der Waals surface area contributed by atoms with E-state index < -0.39 is 0 Å². The van der Waals surface area contributed by atoms with Gasteiger partial charge in [0.2, 0.25) is 0 Å². The normalized spacial score (nSPS) is 10.8. The van der Waals surface area contributed by atoms with Crippen LogP contribution in [0.4, 0.5) is 5.69 Å². The monoisotopic (exact) mass is 335 g/mol. The summed E-state index contributed by atoms with van der Waals surface area (Å²) < 4.78 is 11.1. The Hall–Kier alpha value is -2.01. The summed E-state index contributed by atoms with van der Waals surface area (Å²) in [5.74, 6) is 1.11. The van der Waals surface area contributed by atoms with Crippen LogP contribution in [-0.4, -0.2) is 25.5 Å². The number of hydrogen-bond donors (Lipinski definition) is 1. The summed E-state index contributed by atoms with van der Waals surface area (Å²) >= 11 is 3.36. The Morgan fingerprint density at radius 1 is 1.10 bits per heavy atom. The molecular formula is C15H14BrNO3. The molecular weight excluding hydrogens is 322 g/mol. The highest BCUT2D eigenvalue weighted by Crippen LogP contribution is 2.33. The van der Waals surface area contributed by atoms with Crippen LogP contribution in [0.2, 0.25) is 0 Å². The van der Waals surface area contributed by atoms with Crippen molar-refractivity contribution in [3.05, 3.63) is 46.4 Å². The third-order valence-corrected chi connectivity index (χ3v) is 3.17. The van der Waals surface area contributed by atoms with Gasteiger partial charge in [0, 0.05) is 16.3 Å². The van der Waals surface area contributed by atoms with E-state index in [-0.39, 0.29) is 5.75 Å². The van der Waals surface area contributed by atoms with Gasteiger partial charge in [0.15, 0.2) is 11.5 Å². The zero-order valence-electron chi connectivity index (χ0n) is 11.1. The van der Waals surface area contributed by atoms with Gasteiger partial charge in [0.25, 0.3) is 0 Å². The van der Waals surface area contributed by atoms with Crippen LogP contribution in [0.15, 0.2) is 45.9 Å². The van der Waals surface area contributed by atoms with Crippen LogP contribution in [0.5, 0.6) is 17.2 Å². The van der Waals surface area contributed by atoms with Crippen molar-refractivity contribution >= 4 is 27.8 Å². The number of hydrogen-bond acceptors (Lipinski definition) is 4. The van der Waals surface area contributed by atoms with Crippen LogP contribution in [0.1, 0.15) is 5.56 Å². The highest BCUT2D eigenvalue weighted by Gasteiger charge is 2.08. The summed E-state index contributed by atoms with van der Waals surface area (Å²) in [5.41, 5.74) is 1.25. The number of methoxy groups -OCH3 is 2. The molecule has 0 radical (unpaired) electrons. The van der Waals surface area contributed by atoms with E-state index >= 15 is 0 Å². The Morgan fingerprint density at radius 2 is 1.80 bits per heavy atom. The summed E-state index contributed by atoms with van der Waals surface area (Å²) in [4.78, 5) is 4.34. The van der Waals surface area contributed by atoms with Crippen LogP contribution in [-0.2, 0) is 0 Å². The molecule has 0 amide bonds. The molecule has 0 aromatic heterocycles. The van der Waals surface area contributed by atoms with Crippen LogP contribution in [0.3, 0.4) is 0 Å². The molecule has 0 fully saturated rings. The minimum atomic E-state index is 0.0503. The summed E-state index contributed by atoms with van der Waals surface area (Å²) in [6.07, 6.45) is 1.57. The number of ether oxygens (including phenoxy) is 2. The first-order chi connectivity index (χ1) is 9.65. The quantitative estimate of drug-likeness (QED) is 0.861. The Morgan fingerprint density at radius 3 is 2.50 bits per heavy atom. The molecule has 0 spiro atoms. The van der Waals surface area contributed by atoms with Crippen LogP contribution < -0.4 is 9.47 Å². The fraction of sp³-hybridized carbons (Fsp3) is 0.133. The third kappa shape index (κ3) is 3.11. The zero-order chi connectivity index (χ0) is 14.5. The summed E-state index contributed by atoms with van der Waals surface area (Å²) in [6.45, 7) is 0. The molecule has 0 aliphatic rings. The SMILES string of the molecule is COc1ccccc1N=Cc1cc(Br)cc(OC)c1O. The molecule has 2 aromatic carbocycles. The van der Waals surface area contributed by atoms with Gasteiger partial charge in [-0.2, -0.15) is 0 Å². The van der Waals surface area contributed by atoms with E-state index in [0.717, 1.165) is 4.47 Å². The van der Waals surface area contributed by atoms with Gasteiger partial charge in [0.05, 0.1) is 14.2 Å². The third-order valence-electron chi connectivity index (χ3n) is 2.72. The maximum Gasteiger partial charge on any atom is 0.166 e. The molecule has 0 aliphatic heterocycles. The summed E-state index contributed by atoms with van der Waals surface area (Å²) in [6, 6.07) is 10.9. The smallest absolute Gasteiger partial charge is 0.166 e. The molecule has 0 saturated heterocycles. The molecule has 0 bridgehead atoms.